The zero-order valence-electron chi connectivity index (χ0n) is 10.9. The van der Waals surface area contributed by atoms with Crippen LogP contribution in [0.15, 0.2) is 46.9 Å². The Balaban J connectivity index is 1.80. The van der Waals surface area contributed by atoms with Crippen molar-refractivity contribution in [3.8, 4) is 0 Å². The lowest BCUT2D eigenvalue weighted by Crippen LogP contribution is -2.14. The molecule has 2 aromatic rings. The third-order valence-electron chi connectivity index (χ3n) is 2.63. The second-order valence-corrected chi connectivity index (χ2v) is 6.56. The van der Waals surface area contributed by atoms with Crippen LogP contribution < -0.4 is 5.32 Å². The molecule has 0 radical (unpaired) electrons. The molecule has 0 aliphatic rings. The summed E-state index contributed by atoms with van der Waals surface area (Å²) < 4.78 is 13.7. The fourth-order valence-corrected chi connectivity index (χ4v) is 3.26. The molecule has 110 valence electrons. The standard InChI is InChI=1S/C15H12BrClFNOS/c16-14-7-12(18)4-1-10(14)8-21-9-15(20)19-13-5-2-11(17)3-6-13/h1-7H,8-9H2,(H,19,20). The largest absolute Gasteiger partial charge is 0.325 e. The van der Waals surface area contributed by atoms with Crippen molar-refractivity contribution >= 4 is 50.9 Å². The molecule has 1 N–H and O–H groups in total. The molecule has 2 nitrogen and oxygen atoms in total. The molecular weight excluding hydrogens is 377 g/mol. The van der Waals surface area contributed by atoms with Gasteiger partial charge >= 0.3 is 0 Å². The van der Waals surface area contributed by atoms with Crippen LogP contribution in [0.25, 0.3) is 0 Å². The Morgan fingerprint density at radius 2 is 1.95 bits per heavy atom. The minimum absolute atomic E-state index is 0.0828. The highest BCUT2D eigenvalue weighted by atomic mass is 79.9. The summed E-state index contributed by atoms with van der Waals surface area (Å²) in [5, 5.41) is 3.42. The molecule has 2 rings (SSSR count). The number of halogens is 3. The van der Waals surface area contributed by atoms with Crippen molar-refractivity contribution in [2.75, 3.05) is 11.1 Å². The van der Waals surface area contributed by atoms with Gasteiger partial charge in [-0.3, -0.25) is 4.79 Å². The van der Waals surface area contributed by atoms with Crippen LogP contribution in [-0.4, -0.2) is 11.7 Å². The summed E-state index contributed by atoms with van der Waals surface area (Å²) in [6.07, 6.45) is 0. The van der Waals surface area contributed by atoms with Crippen molar-refractivity contribution in [1.82, 2.24) is 0 Å². The van der Waals surface area contributed by atoms with E-state index in [9.17, 15) is 9.18 Å². The van der Waals surface area contributed by atoms with Gasteiger partial charge < -0.3 is 5.32 Å². The normalized spacial score (nSPS) is 10.4. The first-order valence-corrected chi connectivity index (χ1v) is 8.44. The van der Waals surface area contributed by atoms with Crippen molar-refractivity contribution in [3.63, 3.8) is 0 Å². The van der Waals surface area contributed by atoms with Gasteiger partial charge in [-0.2, -0.15) is 0 Å². The molecule has 6 heteroatoms. The van der Waals surface area contributed by atoms with Crippen LogP contribution in [0, 0.1) is 5.82 Å². The lowest BCUT2D eigenvalue weighted by Gasteiger charge is -2.06. The Morgan fingerprint density at radius 3 is 2.62 bits per heavy atom. The van der Waals surface area contributed by atoms with Crippen molar-refractivity contribution in [2.45, 2.75) is 5.75 Å². The van der Waals surface area contributed by atoms with Gasteiger partial charge in [0, 0.05) is 20.9 Å². The first-order chi connectivity index (χ1) is 10.0. The number of hydrogen-bond donors (Lipinski definition) is 1. The molecule has 21 heavy (non-hydrogen) atoms. The lowest BCUT2D eigenvalue weighted by atomic mass is 10.2. The molecule has 0 unspecified atom stereocenters. The van der Waals surface area contributed by atoms with E-state index in [1.54, 1.807) is 30.3 Å². The van der Waals surface area contributed by atoms with E-state index in [0.29, 0.717) is 26.7 Å². The molecule has 0 atom stereocenters. The maximum atomic E-state index is 13.0. The molecule has 0 saturated carbocycles. The van der Waals surface area contributed by atoms with Gasteiger partial charge in [0.2, 0.25) is 5.91 Å². The molecule has 0 aliphatic heterocycles. The van der Waals surface area contributed by atoms with Gasteiger partial charge in [0.25, 0.3) is 0 Å². The maximum Gasteiger partial charge on any atom is 0.234 e. The maximum absolute atomic E-state index is 13.0. The van der Waals surface area contributed by atoms with Crippen LogP contribution in [-0.2, 0) is 10.5 Å². The van der Waals surface area contributed by atoms with E-state index in [-0.39, 0.29) is 11.7 Å². The quantitative estimate of drug-likeness (QED) is 0.771. The van der Waals surface area contributed by atoms with E-state index in [1.807, 2.05) is 0 Å². The average molecular weight is 389 g/mol. The zero-order valence-corrected chi connectivity index (χ0v) is 14.1. The van der Waals surface area contributed by atoms with Gasteiger partial charge in [-0.05, 0) is 42.0 Å². The van der Waals surface area contributed by atoms with Crippen LogP contribution >= 0.6 is 39.3 Å². The van der Waals surface area contributed by atoms with Gasteiger partial charge in [0.15, 0.2) is 0 Å². The summed E-state index contributed by atoms with van der Waals surface area (Å²) in [5.41, 5.74) is 1.67. The Kier molecular flexibility index (Phi) is 6.08. The first kappa shape index (κ1) is 16.3. The first-order valence-electron chi connectivity index (χ1n) is 6.11. The average Bonchev–Trinajstić information content (AvgIpc) is 2.44. The lowest BCUT2D eigenvalue weighted by molar-refractivity contribution is -0.113. The predicted molar refractivity (Wildman–Crippen MR) is 90.3 cm³/mol. The summed E-state index contributed by atoms with van der Waals surface area (Å²) in [6.45, 7) is 0. The fraction of sp³-hybridized carbons (Fsp3) is 0.133. The molecule has 0 saturated heterocycles. The van der Waals surface area contributed by atoms with Crippen LogP contribution in [0.2, 0.25) is 5.02 Å². The number of carbonyl (C=O) groups excluding carboxylic acids is 1. The second-order valence-electron chi connectivity index (χ2n) is 4.28. The molecule has 0 heterocycles. The second kappa shape index (κ2) is 7.82. The summed E-state index contributed by atoms with van der Waals surface area (Å²) >= 11 is 10.6. The Morgan fingerprint density at radius 1 is 1.24 bits per heavy atom. The van der Waals surface area contributed by atoms with Gasteiger partial charge in [-0.15, -0.1) is 11.8 Å². The van der Waals surface area contributed by atoms with E-state index in [2.05, 4.69) is 21.2 Å². The van der Waals surface area contributed by atoms with E-state index in [0.717, 1.165) is 5.56 Å². The van der Waals surface area contributed by atoms with Crippen LogP contribution in [0.1, 0.15) is 5.56 Å². The van der Waals surface area contributed by atoms with E-state index < -0.39 is 0 Å². The van der Waals surface area contributed by atoms with E-state index in [4.69, 9.17) is 11.6 Å². The summed E-state index contributed by atoms with van der Waals surface area (Å²) in [6, 6.07) is 11.5. The van der Waals surface area contributed by atoms with Crippen molar-refractivity contribution in [1.29, 1.82) is 0 Å². The summed E-state index contributed by atoms with van der Waals surface area (Å²) in [7, 11) is 0. The number of amides is 1. The Hall–Kier alpha value is -1.04. The number of benzene rings is 2. The van der Waals surface area contributed by atoms with Gasteiger partial charge in [0.05, 0.1) is 5.75 Å². The smallest absolute Gasteiger partial charge is 0.234 e. The van der Waals surface area contributed by atoms with Crippen LogP contribution in [0.5, 0.6) is 0 Å². The molecule has 0 bridgehead atoms. The molecular formula is C15H12BrClFNOS. The van der Waals surface area contributed by atoms with Crippen molar-refractivity contribution < 1.29 is 9.18 Å². The third kappa shape index (κ3) is 5.34. The van der Waals surface area contributed by atoms with Crippen molar-refractivity contribution in [2.24, 2.45) is 0 Å². The number of carbonyl (C=O) groups is 1. The highest BCUT2D eigenvalue weighted by Crippen LogP contribution is 2.23. The van der Waals surface area contributed by atoms with E-state index >= 15 is 0 Å². The predicted octanol–water partition coefficient (Wildman–Crippen LogP) is 5.11. The molecule has 1 amide bonds. The molecule has 0 aliphatic carbocycles. The summed E-state index contributed by atoms with van der Waals surface area (Å²) in [5.74, 6) is 0.595. The van der Waals surface area contributed by atoms with Gasteiger partial charge in [-0.1, -0.05) is 33.6 Å². The fourth-order valence-electron chi connectivity index (χ4n) is 1.62. The van der Waals surface area contributed by atoms with Crippen LogP contribution in [0.4, 0.5) is 10.1 Å². The Bertz CT molecular complexity index is 636. The van der Waals surface area contributed by atoms with Gasteiger partial charge in [0.1, 0.15) is 5.82 Å². The number of hydrogen-bond acceptors (Lipinski definition) is 2. The van der Waals surface area contributed by atoms with Crippen molar-refractivity contribution in [3.05, 3.63) is 63.3 Å². The highest BCUT2D eigenvalue weighted by Gasteiger charge is 2.05. The van der Waals surface area contributed by atoms with Gasteiger partial charge in [-0.25, -0.2) is 4.39 Å². The SMILES string of the molecule is O=C(CSCc1ccc(F)cc1Br)Nc1ccc(Cl)cc1. The minimum Gasteiger partial charge on any atom is -0.325 e. The number of rotatable bonds is 5. The zero-order chi connectivity index (χ0) is 15.2. The summed E-state index contributed by atoms with van der Waals surface area (Å²) in [4.78, 5) is 11.8. The third-order valence-corrected chi connectivity index (χ3v) is 4.61. The minimum atomic E-state index is -0.281. The molecule has 0 spiro atoms. The molecule has 0 fully saturated rings. The number of nitrogens with one attached hydrogen (secondary N) is 1. The molecule has 0 aromatic heterocycles. The Labute approximate surface area is 140 Å². The highest BCUT2D eigenvalue weighted by molar-refractivity contribution is 9.10. The number of thioether (sulfide) groups is 1. The number of anilines is 1. The van der Waals surface area contributed by atoms with E-state index in [1.165, 1.54) is 23.9 Å². The molecule has 2 aromatic carbocycles. The topological polar surface area (TPSA) is 29.1 Å². The van der Waals surface area contributed by atoms with Crippen LogP contribution in [0.3, 0.4) is 0 Å². The monoisotopic (exact) mass is 387 g/mol.